The van der Waals surface area contributed by atoms with Crippen molar-refractivity contribution in [2.45, 2.75) is 34.1 Å². The van der Waals surface area contributed by atoms with Crippen LogP contribution in [0.1, 0.15) is 37.0 Å². The summed E-state index contributed by atoms with van der Waals surface area (Å²) in [5.74, 6) is 0.456. The summed E-state index contributed by atoms with van der Waals surface area (Å²) in [6.07, 6.45) is 2.32. The molecule has 1 N–H and O–H groups in total. The van der Waals surface area contributed by atoms with Gasteiger partial charge in [-0.3, -0.25) is 4.79 Å². The Labute approximate surface area is 176 Å². The zero-order valence-corrected chi connectivity index (χ0v) is 17.9. The molecule has 5 nitrogen and oxygen atoms in total. The summed E-state index contributed by atoms with van der Waals surface area (Å²) in [7, 11) is 0. The van der Waals surface area contributed by atoms with Gasteiger partial charge in [0.1, 0.15) is 11.6 Å². The van der Waals surface area contributed by atoms with Crippen molar-refractivity contribution in [1.29, 1.82) is 5.26 Å². The zero-order valence-electron chi connectivity index (χ0n) is 17.1. The molecule has 0 saturated heterocycles. The highest BCUT2D eigenvalue weighted by molar-refractivity contribution is 6.32. The SMILES string of the molecule is CCCOc1c(Cl)cc(/C=C(\C#N)C(=O)Nc2ccc(C)cc2C)cc1OCC. The van der Waals surface area contributed by atoms with Gasteiger partial charge in [-0.25, -0.2) is 0 Å². The van der Waals surface area contributed by atoms with E-state index in [1.165, 1.54) is 6.08 Å². The smallest absolute Gasteiger partial charge is 0.266 e. The first-order chi connectivity index (χ1) is 13.9. The van der Waals surface area contributed by atoms with Crippen LogP contribution in [0.4, 0.5) is 5.69 Å². The lowest BCUT2D eigenvalue weighted by atomic mass is 10.1. The van der Waals surface area contributed by atoms with Crippen LogP contribution in [0.5, 0.6) is 11.5 Å². The minimum Gasteiger partial charge on any atom is -0.490 e. The van der Waals surface area contributed by atoms with Crippen LogP contribution in [0.15, 0.2) is 35.9 Å². The fourth-order valence-corrected chi connectivity index (χ4v) is 3.01. The number of nitrogens with zero attached hydrogens (tertiary/aromatic N) is 1. The third-order valence-electron chi connectivity index (χ3n) is 4.09. The molecule has 0 unspecified atom stereocenters. The van der Waals surface area contributed by atoms with Crippen molar-refractivity contribution in [3.8, 4) is 17.6 Å². The fourth-order valence-electron chi connectivity index (χ4n) is 2.74. The van der Waals surface area contributed by atoms with Crippen molar-refractivity contribution in [3.05, 3.63) is 57.6 Å². The maximum atomic E-state index is 12.6. The number of nitriles is 1. The van der Waals surface area contributed by atoms with Gasteiger partial charge in [-0.05, 0) is 62.6 Å². The quantitative estimate of drug-likeness (QED) is 0.446. The number of carbonyl (C=O) groups is 1. The van der Waals surface area contributed by atoms with Gasteiger partial charge in [0.25, 0.3) is 5.91 Å². The summed E-state index contributed by atoms with van der Waals surface area (Å²) < 4.78 is 11.3. The first-order valence-electron chi connectivity index (χ1n) is 9.49. The number of aryl methyl sites for hydroxylation is 2. The molecule has 0 spiro atoms. The van der Waals surface area contributed by atoms with E-state index in [1.54, 1.807) is 12.1 Å². The van der Waals surface area contributed by atoms with E-state index in [1.807, 2.05) is 52.0 Å². The molecule has 2 aromatic rings. The Morgan fingerprint density at radius 3 is 2.59 bits per heavy atom. The molecule has 152 valence electrons. The van der Waals surface area contributed by atoms with Gasteiger partial charge in [-0.1, -0.05) is 36.2 Å². The molecule has 1 amide bonds. The van der Waals surface area contributed by atoms with E-state index in [-0.39, 0.29) is 5.57 Å². The molecule has 0 aliphatic heterocycles. The number of amides is 1. The van der Waals surface area contributed by atoms with Crippen LogP contribution in [0, 0.1) is 25.2 Å². The highest BCUT2D eigenvalue weighted by atomic mass is 35.5. The first-order valence-corrected chi connectivity index (χ1v) is 9.86. The molecule has 0 aromatic heterocycles. The van der Waals surface area contributed by atoms with E-state index in [0.29, 0.717) is 41.0 Å². The second-order valence-corrected chi connectivity index (χ2v) is 6.96. The third kappa shape index (κ3) is 6.00. The molecule has 2 aromatic carbocycles. The van der Waals surface area contributed by atoms with Gasteiger partial charge < -0.3 is 14.8 Å². The Kier molecular flexibility index (Phi) is 8.11. The van der Waals surface area contributed by atoms with Gasteiger partial charge in [0.15, 0.2) is 11.5 Å². The molecule has 6 heteroatoms. The van der Waals surface area contributed by atoms with E-state index < -0.39 is 5.91 Å². The highest BCUT2D eigenvalue weighted by Crippen LogP contribution is 2.37. The molecule has 0 atom stereocenters. The number of halogens is 1. The van der Waals surface area contributed by atoms with Crippen LogP contribution in [0.25, 0.3) is 6.08 Å². The number of hydrogen-bond donors (Lipinski definition) is 1. The second kappa shape index (κ2) is 10.5. The Morgan fingerprint density at radius 2 is 1.97 bits per heavy atom. The molecule has 0 saturated carbocycles. The van der Waals surface area contributed by atoms with Crippen LogP contribution >= 0.6 is 11.6 Å². The van der Waals surface area contributed by atoms with Crippen molar-refractivity contribution in [2.24, 2.45) is 0 Å². The molecule has 0 aliphatic carbocycles. The Morgan fingerprint density at radius 1 is 1.21 bits per heavy atom. The highest BCUT2D eigenvalue weighted by Gasteiger charge is 2.15. The van der Waals surface area contributed by atoms with Crippen molar-refractivity contribution >= 4 is 29.3 Å². The topological polar surface area (TPSA) is 71.3 Å². The Bertz CT molecular complexity index is 961. The molecule has 0 aliphatic rings. The maximum Gasteiger partial charge on any atom is 0.266 e. The molecule has 0 fully saturated rings. The van der Waals surface area contributed by atoms with Gasteiger partial charge in [-0.2, -0.15) is 5.26 Å². The summed E-state index contributed by atoms with van der Waals surface area (Å²) in [4.78, 5) is 12.6. The predicted octanol–water partition coefficient (Wildman–Crippen LogP) is 5.69. The molecule has 2 rings (SSSR count). The molecule has 0 radical (unpaired) electrons. The zero-order chi connectivity index (χ0) is 21.4. The lowest BCUT2D eigenvalue weighted by Crippen LogP contribution is -2.14. The van der Waals surface area contributed by atoms with Crippen molar-refractivity contribution in [1.82, 2.24) is 0 Å². The molecule has 0 heterocycles. The van der Waals surface area contributed by atoms with Gasteiger partial charge in [-0.15, -0.1) is 0 Å². The van der Waals surface area contributed by atoms with E-state index in [4.69, 9.17) is 21.1 Å². The minimum atomic E-state index is -0.486. The average Bonchev–Trinajstić information content (AvgIpc) is 2.67. The van der Waals surface area contributed by atoms with Crippen LogP contribution in [0.3, 0.4) is 0 Å². The summed E-state index contributed by atoms with van der Waals surface area (Å²) in [6, 6.07) is 11.0. The monoisotopic (exact) mass is 412 g/mol. The second-order valence-electron chi connectivity index (χ2n) is 6.55. The van der Waals surface area contributed by atoms with Gasteiger partial charge in [0.2, 0.25) is 0 Å². The van der Waals surface area contributed by atoms with E-state index in [9.17, 15) is 10.1 Å². The Hall–Kier alpha value is -2.97. The number of carbonyl (C=O) groups excluding carboxylic acids is 1. The van der Waals surface area contributed by atoms with Gasteiger partial charge in [0.05, 0.1) is 18.2 Å². The van der Waals surface area contributed by atoms with Crippen molar-refractivity contribution in [3.63, 3.8) is 0 Å². The Balaban J connectivity index is 2.33. The summed E-state index contributed by atoms with van der Waals surface area (Å²) in [5.41, 5.74) is 3.23. The standard InChI is InChI=1S/C23H25ClN2O3/c1-5-9-29-22-19(24)12-17(13-21(22)28-6-2)11-18(14-25)23(27)26-20-8-7-15(3)10-16(20)4/h7-8,10-13H,5-6,9H2,1-4H3,(H,26,27)/b18-11+. The molecule has 0 bridgehead atoms. The van der Waals surface area contributed by atoms with E-state index >= 15 is 0 Å². The van der Waals surface area contributed by atoms with Crippen LogP contribution < -0.4 is 14.8 Å². The molecular formula is C23H25ClN2O3. The molecule has 29 heavy (non-hydrogen) atoms. The summed E-state index contributed by atoms with van der Waals surface area (Å²) >= 11 is 6.36. The number of rotatable bonds is 8. The fraction of sp³-hybridized carbons (Fsp3) is 0.304. The largest absolute Gasteiger partial charge is 0.490 e. The van der Waals surface area contributed by atoms with Crippen LogP contribution in [0.2, 0.25) is 5.02 Å². The normalized spacial score (nSPS) is 11.0. The molecular weight excluding hydrogens is 388 g/mol. The lowest BCUT2D eigenvalue weighted by Gasteiger charge is -2.14. The van der Waals surface area contributed by atoms with Crippen LogP contribution in [-0.2, 0) is 4.79 Å². The van der Waals surface area contributed by atoms with Gasteiger partial charge >= 0.3 is 0 Å². The van der Waals surface area contributed by atoms with Crippen LogP contribution in [-0.4, -0.2) is 19.1 Å². The maximum absolute atomic E-state index is 12.6. The summed E-state index contributed by atoms with van der Waals surface area (Å²) in [6.45, 7) is 8.69. The number of anilines is 1. The van der Waals surface area contributed by atoms with Gasteiger partial charge in [0, 0.05) is 5.69 Å². The van der Waals surface area contributed by atoms with E-state index in [0.717, 1.165) is 17.5 Å². The number of benzene rings is 2. The van der Waals surface area contributed by atoms with E-state index in [2.05, 4.69) is 5.32 Å². The lowest BCUT2D eigenvalue weighted by molar-refractivity contribution is -0.112. The first kappa shape index (κ1) is 22.3. The minimum absolute atomic E-state index is 0.0364. The predicted molar refractivity (Wildman–Crippen MR) is 117 cm³/mol. The number of nitrogens with one attached hydrogen (secondary N) is 1. The number of ether oxygens (including phenoxy) is 2. The summed E-state index contributed by atoms with van der Waals surface area (Å²) in [5, 5.41) is 12.6. The van der Waals surface area contributed by atoms with Crippen molar-refractivity contribution in [2.75, 3.05) is 18.5 Å². The average molecular weight is 413 g/mol. The number of hydrogen-bond acceptors (Lipinski definition) is 4. The van der Waals surface area contributed by atoms with Crippen molar-refractivity contribution < 1.29 is 14.3 Å². The third-order valence-corrected chi connectivity index (χ3v) is 4.37.